The summed E-state index contributed by atoms with van der Waals surface area (Å²) in [6.45, 7) is 2.42. The quantitative estimate of drug-likeness (QED) is 0.352. The number of nitrogens with zero attached hydrogens (tertiary/aromatic N) is 1. The van der Waals surface area contributed by atoms with E-state index in [1.165, 1.54) is 6.21 Å². The maximum Gasteiger partial charge on any atom is 0.240 e. The standard InChI is InChI=1S/C25H24ClN3O3/c1-18-2-10-22(11-3-18)28-24(30)14-15-25(31)29-27-16-19-6-12-23(13-7-19)32-17-20-4-8-21(26)9-5-20/h2-13,16H,14-15,17H2,1H3,(H,28,30)(H,29,31). The Balaban J connectivity index is 1.37. The summed E-state index contributed by atoms with van der Waals surface area (Å²) >= 11 is 5.88. The van der Waals surface area contributed by atoms with Crippen molar-refractivity contribution >= 4 is 35.3 Å². The number of carbonyl (C=O) groups excluding carboxylic acids is 2. The Bertz CT molecular complexity index is 1060. The Kier molecular flexibility index (Phi) is 8.40. The van der Waals surface area contributed by atoms with Crippen LogP contribution in [0, 0.1) is 6.92 Å². The summed E-state index contributed by atoms with van der Waals surface area (Å²) in [7, 11) is 0. The molecule has 3 rings (SSSR count). The van der Waals surface area contributed by atoms with Crippen LogP contribution in [0.25, 0.3) is 0 Å². The number of hydrazone groups is 1. The van der Waals surface area contributed by atoms with Crippen molar-refractivity contribution in [3.8, 4) is 5.75 Å². The van der Waals surface area contributed by atoms with Gasteiger partial charge in [-0.2, -0.15) is 5.10 Å². The molecule has 0 bridgehead atoms. The zero-order chi connectivity index (χ0) is 22.8. The molecule has 0 aromatic heterocycles. The van der Waals surface area contributed by atoms with Gasteiger partial charge in [0.2, 0.25) is 11.8 Å². The number of aryl methyl sites for hydroxylation is 1. The summed E-state index contributed by atoms with van der Waals surface area (Å²) in [4.78, 5) is 23.8. The summed E-state index contributed by atoms with van der Waals surface area (Å²) in [5.74, 6) is 0.172. The highest BCUT2D eigenvalue weighted by atomic mass is 35.5. The molecule has 0 radical (unpaired) electrons. The fourth-order valence-electron chi connectivity index (χ4n) is 2.72. The van der Waals surface area contributed by atoms with Crippen molar-refractivity contribution in [3.63, 3.8) is 0 Å². The third kappa shape index (κ3) is 7.89. The highest BCUT2D eigenvalue weighted by Crippen LogP contribution is 2.15. The summed E-state index contributed by atoms with van der Waals surface area (Å²) < 4.78 is 5.74. The van der Waals surface area contributed by atoms with Crippen LogP contribution in [0.15, 0.2) is 77.9 Å². The maximum absolute atomic E-state index is 11.9. The molecule has 2 N–H and O–H groups in total. The van der Waals surface area contributed by atoms with Crippen molar-refractivity contribution in [2.75, 3.05) is 5.32 Å². The average molecular weight is 450 g/mol. The lowest BCUT2D eigenvalue weighted by atomic mass is 10.2. The van der Waals surface area contributed by atoms with Crippen molar-refractivity contribution in [2.45, 2.75) is 26.4 Å². The van der Waals surface area contributed by atoms with Crippen molar-refractivity contribution in [3.05, 3.63) is 94.5 Å². The molecule has 0 aliphatic rings. The number of benzene rings is 3. The van der Waals surface area contributed by atoms with Crippen LogP contribution >= 0.6 is 11.6 Å². The number of rotatable bonds is 9. The van der Waals surface area contributed by atoms with Crippen LogP contribution in [0.5, 0.6) is 5.75 Å². The van der Waals surface area contributed by atoms with Gasteiger partial charge in [-0.3, -0.25) is 9.59 Å². The lowest BCUT2D eigenvalue weighted by Crippen LogP contribution is -2.20. The highest BCUT2D eigenvalue weighted by molar-refractivity contribution is 6.30. The van der Waals surface area contributed by atoms with E-state index in [9.17, 15) is 9.59 Å². The predicted octanol–water partition coefficient (Wildman–Crippen LogP) is 5.10. The third-order valence-electron chi connectivity index (χ3n) is 4.52. The largest absolute Gasteiger partial charge is 0.489 e. The summed E-state index contributed by atoms with van der Waals surface area (Å²) in [5, 5.41) is 7.38. The number of halogens is 1. The number of hydrogen-bond donors (Lipinski definition) is 2. The smallest absolute Gasteiger partial charge is 0.240 e. The minimum atomic E-state index is -0.330. The first kappa shape index (κ1) is 23.0. The van der Waals surface area contributed by atoms with Crippen molar-refractivity contribution < 1.29 is 14.3 Å². The first-order valence-corrected chi connectivity index (χ1v) is 10.5. The Morgan fingerprint density at radius 3 is 2.25 bits per heavy atom. The van der Waals surface area contributed by atoms with E-state index in [0.717, 1.165) is 22.4 Å². The predicted molar refractivity (Wildman–Crippen MR) is 127 cm³/mol. The molecule has 6 nitrogen and oxygen atoms in total. The van der Waals surface area contributed by atoms with E-state index >= 15 is 0 Å². The Morgan fingerprint density at radius 1 is 0.906 bits per heavy atom. The van der Waals surface area contributed by atoms with Crippen molar-refractivity contribution in [2.24, 2.45) is 5.10 Å². The van der Waals surface area contributed by atoms with Crippen LogP contribution in [0.4, 0.5) is 5.69 Å². The molecule has 0 aliphatic heterocycles. The average Bonchev–Trinajstić information content (AvgIpc) is 2.80. The van der Waals surface area contributed by atoms with Gasteiger partial charge in [-0.15, -0.1) is 0 Å². The van der Waals surface area contributed by atoms with Gasteiger partial charge in [-0.25, -0.2) is 5.43 Å². The molecule has 7 heteroatoms. The SMILES string of the molecule is Cc1ccc(NC(=O)CCC(=O)NN=Cc2ccc(OCc3ccc(Cl)cc3)cc2)cc1. The molecule has 2 amide bonds. The van der Waals surface area contributed by atoms with Gasteiger partial charge in [0, 0.05) is 23.6 Å². The van der Waals surface area contributed by atoms with Gasteiger partial charge in [0.1, 0.15) is 12.4 Å². The summed E-state index contributed by atoms with van der Waals surface area (Å²) in [6.07, 6.45) is 1.66. The molecule has 164 valence electrons. The summed E-state index contributed by atoms with van der Waals surface area (Å²) in [6, 6.07) is 22.3. The second kappa shape index (κ2) is 11.7. The van der Waals surface area contributed by atoms with Crippen LogP contribution in [0.1, 0.15) is 29.5 Å². The number of amides is 2. The van der Waals surface area contributed by atoms with Crippen LogP contribution in [-0.4, -0.2) is 18.0 Å². The molecule has 0 fully saturated rings. The Morgan fingerprint density at radius 2 is 1.56 bits per heavy atom. The lowest BCUT2D eigenvalue weighted by Gasteiger charge is -2.06. The molecule has 0 spiro atoms. The zero-order valence-electron chi connectivity index (χ0n) is 17.7. The van der Waals surface area contributed by atoms with Gasteiger partial charge in [-0.1, -0.05) is 41.4 Å². The number of carbonyl (C=O) groups is 2. The molecule has 3 aromatic rings. The van der Waals surface area contributed by atoms with Crippen LogP contribution in [0.3, 0.4) is 0 Å². The van der Waals surface area contributed by atoms with Crippen molar-refractivity contribution in [1.29, 1.82) is 0 Å². The van der Waals surface area contributed by atoms with E-state index in [1.807, 2.05) is 79.7 Å². The van der Waals surface area contributed by atoms with Gasteiger partial charge in [0.15, 0.2) is 0 Å². The van der Waals surface area contributed by atoms with Gasteiger partial charge in [0.05, 0.1) is 6.21 Å². The topological polar surface area (TPSA) is 79.8 Å². The van der Waals surface area contributed by atoms with E-state index < -0.39 is 0 Å². The van der Waals surface area contributed by atoms with Crippen LogP contribution in [0.2, 0.25) is 5.02 Å². The number of anilines is 1. The fraction of sp³-hybridized carbons (Fsp3) is 0.160. The van der Waals surface area contributed by atoms with Crippen LogP contribution < -0.4 is 15.5 Å². The second-order valence-electron chi connectivity index (χ2n) is 7.19. The molecular weight excluding hydrogens is 426 g/mol. The molecule has 0 saturated carbocycles. The third-order valence-corrected chi connectivity index (χ3v) is 4.77. The minimum absolute atomic E-state index is 0.0481. The van der Waals surface area contributed by atoms with Crippen molar-refractivity contribution in [1.82, 2.24) is 5.43 Å². The Hall–Kier alpha value is -3.64. The van der Waals surface area contributed by atoms with Gasteiger partial charge in [-0.05, 0) is 66.6 Å². The normalized spacial score (nSPS) is 10.7. The lowest BCUT2D eigenvalue weighted by molar-refractivity contribution is -0.124. The molecule has 32 heavy (non-hydrogen) atoms. The highest BCUT2D eigenvalue weighted by Gasteiger charge is 2.06. The summed E-state index contributed by atoms with van der Waals surface area (Å²) in [5.41, 5.74) is 6.08. The first-order valence-electron chi connectivity index (χ1n) is 10.1. The van der Waals surface area contributed by atoms with E-state index in [4.69, 9.17) is 16.3 Å². The monoisotopic (exact) mass is 449 g/mol. The van der Waals surface area contributed by atoms with E-state index in [2.05, 4.69) is 15.8 Å². The maximum atomic E-state index is 11.9. The van der Waals surface area contributed by atoms with E-state index in [-0.39, 0.29) is 24.7 Å². The minimum Gasteiger partial charge on any atom is -0.489 e. The number of ether oxygens (including phenoxy) is 1. The number of hydrogen-bond acceptors (Lipinski definition) is 4. The van der Waals surface area contributed by atoms with E-state index in [0.29, 0.717) is 17.3 Å². The van der Waals surface area contributed by atoms with E-state index in [1.54, 1.807) is 0 Å². The van der Waals surface area contributed by atoms with Gasteiger partial charge >= 0.3 is 0 Å². The molecule has 3 aromatic carbocycles. The van der Waals surface area contributed by atoms with Gasteiger partial charge in [0.25, 0.3) is 0 Å². The molecule has 0 saturated heterocycles. The van der Waals surface area contributed by atoms with Gasteiger partial charge < -0.3 is 10.1 Å². The fourth-order valence-corrected chi connectivity index (χ4v) is 2.85. The molecule has 0 unspecified atom stereocenters. The molecule has 0 aliphatic carbocycles. The van der Waals surface area contributed by atoms with Crippen LogP contribution in [-0.2, 0) is 16.2 Å². The molecule has 0 atom stereocenters. The molecule has 0 heterocycles. The Labute approximate surface area is 192 Å². The number of nitrogens with one attached hydrogen (secondary N) is 2. The molecular formula is C25H24ClN3O3. The first-order chi connectivity index (χ1) is 15.5. The second-order valence-corrected chi connectivity index (χ2v) is 7.63. The zero-order valence-corrected chi connectivity index (χ0v) is 18.4.